The second-order valence-electron chi connectivity index (χ2n) is 4.05. The number of aromatic carboxylic acids is 1. The molecule has 1 atom stereocenters. The first kappa shape index (κ1) is 10.6. The van der Waals surface area contributed by atoms with Crippen LogP contribution in [0, 0.1) is 0 Å². The minimum absolute atomic E-state index is 0.101. The Bertz CT molecular complexity index is 368. The van der Waals surface area contributed by atoms with Crippen LogP contribution < -0.4 is 0 Å². The molecule has 1 aliphatic rings. The Kier molecular flexibility index (Phi) is 2.75. The third-order valence-corrected chi connectivity index (χ3v) is 3.96. The number of ether oxygens (including phenoxy) is 1. The molecular weight excluding hydrogens is 214 g/mol. The van der Waals surface area contributed by atoms with Crippen molar-refractivity contribution in [1.82, 2.24) is 4.98 Å². The van der Waals surface area contributed by atoms with Gasteiger partial charge in [0.15, 0.2) is 0 Å². The molecule has 1 N–H and O–H groups in total. The summed E-state index contributed by atoms with van der Waals surface area (Å²) < 4.78 is 5.43. The highest BCUT2D eigenvalue weighted by Crippen LogP contribution is 2.34. The van der Waals surface area contributed by atoms with E-state index >= 15 is 0 Å². The van der Waals surface area contributed by atoms with E-state index in [0.717, 1.165) is 24.5 Å². The Morgan fingerprint density at radius 3 is 3.07 bits per heavy atom. The molecule has 1 aromatic heterocycles. The number of carboxylic acids is 1. The van der Waals surface area contributed by atoms with Crippen LogP contribution in [0.3, 0.4) is 0 Å². The summed E-state index contributed by atoms with van der Waals surface area (Å²) in [4.78, 5) is 15.2. The van der Waals surface area contributed by atoms with Gasteiger partial charge in [-0.3, -0.25) is 0 Å². The van der Waals surface area contributed by atoms with E-state index in [-0.39, 0.29) is 5.41 Å². The number of rotatable bonds is 2. The average molecular weight is 227 g/mol. The first-order valence-electron chi connectivity index (χ1n) is 4.89. The fraction of sp³-hybridized carbons (Fsp3) is 0.600. The highest BCUT2D eigenvalue weighted by Gasteiger charge is 2.33. The van der Waals surface area contributed by atoms with Crippen molar-refractivity contribution in [2.75, 3.05) is 13.2 Å². The number of hydrogen-bond donors (Lipinski definition) is 1. The lowest BCUT2D eigenvalue weighted by atomic mass is 9.85. The van der Waals surface area contributed by atoms with Gasteiger partial charge < -0.3 is 9.84 Å². The molecule has 4 nitrogen and oxygen atoms in total. The SMILES string of the molecule is CC1(c2ncc(C(=O)O)s2)CCCOC1. The standard InChI is InChI=1S/C10H13NO3S/c1-10(3-2-4-14-6-10)9-11-5-7(15-9)8(12)13/h5H,2-4,6H2,1H3,(H,12,13). The lowest BCUT2D eigenvalue weighted by Gasteiger charge is -2.31. The van der Waals surface area contributed by atoms with Gasteiger partial charge in [-0.1, -0.05) is 6.92 Å². The van der Waals surface area contributed by atoms with Gasteiger partial charge in [-0.2, -0.15) is 0 Å². The van der Waals surface area contributed by atoms with Crippen LogP contribution in [0.1, 0.15) is 34.4 Å². The molecule has 0 aliphatic carbocycles. The van der Waals surface area contributed by atoms with E-state index in [9.17, 15) is 4.79 Å². The number of hydrogen-bond acceptors (Lipinski definition) is 4. The number of thiazole rings is 1. The second-order valence-corrected chi connectivity index (χ2v) is 5.08. The van der Waals surface area contributed by atoms with Gasteiger partial charge in [-0.25, -0.2) is 9.78 Å². The zero-order valence-electron chi connectivity index (χ0n) is 8.52. The van der Waals surface area contributed by atoms with Crippen molar-refractivity contribution in [3.8, 4) is 0 Å². The molecule has 1 saturated heterocycles. The van der Waals surface area contributed by atoms with E-state index in [4.69, 9.17) is 9.84 Å². The average Bonchev–Trinajstić information content (AvgIpc) is 2.68. The van der Waals surface area contributed by atoms with E-state index < -0.39 is 5.97 Å². The predicted octanol–water partition coefficient (Wildman–Crippen LogP) is 1.91. The van der Waals surface area contributed by atoms with Crippen molar-refractivity contribution in [3.63, 3.8) is 0 Å². The third-order valence-electron chi connectivity index (χ3n) is 2.67. The molecule has 0 radical (unpaired) electrons. The van der Waals surface area contributed by atoms with E-state index in [0.29, 0.717) is 11.5 Å². The molecule has 1 aromatic rings. The van der Waals surface area contributed by atoms with Crippen LogP contribution in [-0.4, -0.2) is 29.3 Å². The molecule has 0 spiro atoms. The first-order valence-corrected chi connectivity index (χ1v) is 5.71. The summed E-state index contributed by atoms with van der Waals surface area (Å²) in [5.74, 6) is -0.904. The molecule has 1 fully saturated rings. The van der Waals surface area contributed by atoms with E-state index in [1.165, 1.54) is 17.5 Å². The van der Waals surface area contributed by atoms with Crippen LogP contribution in [0.2, 0.25) is 0 Å². The zero-order chi connectivity index (χ0) is 10.9. The molecule has 0 bridgehead atoms. The maximum Gasteiger partial charge on any atom is 0.347 e. The van der Waals surface area contributed by atoms with Crippen molar-refractivity contribution < 1.29 is 14.6 Å². The lowest BCUT2D eigenvalue weighted by molar-refractivity contribution is 0.0418. The summed E-state index contributed by atoms with van der Waals surface area (Å²) in [5.41, 5.74) is -0.101. The van der Waals surface area contributed by atoms with Gasteiger partial charge in [0.05, 0.1) is 12.8 Å². The Labute approximate surface area is 91.9 Å². The summed E-state index contributed by atoms with van der Waals surface area (Å²) in [6.07, 6.45) is 3.46. The molecule has 0 amide bonds. The van der Waals surface area contributed by atoms with Gasteiger partial charge in [0.1, 0.15) is 9.88 Å². The molecule has 0 aromatic carbocycles. The monoisotopic (exact) mass is 227 g/mol. The van der Waals surface area contributed by atoms with Crippen molar-refractivity contribution in [2.45, 2.75) is 25.2 Å². The zero-order valence-corrected chi connectivity index (χ0v) is 9.34. The van der Waals surface area contributed by atoms with Crippen molar-refractivity contribution in [2.24, 2.45) is 0 Å². The van der Waals surface area contributed by atoms with Gasteiger partial charge in [0, 0.05) is 12.0 Å². The number of aromatic nitrogens is 1. The number of carbonyl (C=O) groups is 1. The first-order chi connectivity index (χ1) is 7.12. The lowest BCUT2D eigenvalue weighted by Crippen LogP contribution is -2.32. The van der Waals surface area contributed by atoms with E-state index in [1.807, 2.05) is 0 Å². The van der Waals surface area contributed by atoms with Crippen LogP contribution in [-0.2, 0) is 10.2 Å². The smallest absolute Gasteiger partial charge is 0.347 e. The Morgan fingerprint density at radius 1 is 1.73 bits per heavy atom. The topological polar surface area (TPSA) is 59.4 Å². The largest absolute Gasteiger partial charge is 0.477 e. The maximum atomic E-state index is 10.7. The fourth-order valence-corrected chi connectivity index (χ4v) is 2.67. The molecule has 1 unspecified atom stereocenters. The molecule has 15 heavy (non-hydrogen) atoms. The highest BCUT2D eigenvalue weighted by molar-refractivity contribution is 7.13. The highest BCUT2D eigenvalue weighted by atomic mass is 32.1. The summed E-state index contributed by atoms with van der Waals surface area (Å²) >= 11 is 1.26. The Hall–Kier alpha value is -0.940. The van der Waals surface area contributed by atoms with Crippen molar-refractivity contribution in [1.29, 1.82) is 0 Å². The number of nitrogens with zero attached hydrogens (tertiary/aromatic N) is 1. The van der Waals surface area contributed by atoms with E-state index in [1.54, 1.807) is 0 Å². The number of carboxylic acid groups (broad SMARTS) is 1. The molecule has 5 heteroatoms. The fourth-order valence-electron chi connectivity index (χ4n) is 1.75. The van der Waals surface area contributed by atoms with Gasteiger partial charge in [0.25, 0.3) is 0 Å². The summed E-state index contributed by atoms with van der Waals surface area (Å²) in [6, 6.07) is 0. The summed E-state index contributed by atoms with van der Waals surface area (Å²) in [6.45, 7) is 3.52. The Morgan fingerprint density at radius 2 is 2.53 bits per heavy atom. The van der Waals surface area contributed by atoms with Crippen molar-refractivity contribution in [3.05, 3.63) is 16.1 Å². The molecule has 2 heterocycles. The Balaban J connectivity index is 2.23. The maximum absolute atomic E-state index is 10.7. The molecule has 1 aliphatic heterocycles. The summed E-state index contributed by atoms with van der Waals surface area (Å²) in [5, 5.41) is 9.69. The van der Waals surface area contributed by atoms with Crippen molar-refractivity contribution >= 4 is 17.3 Å². The van der Waals surface area contributed by atoms with Crippen LogP contribution in [0.5, 0.6) is 0 Å². The molecule has 0 saturated carbocycles. The normalized spacial score (nSPS) is 26.5. The van der Waals surface area contributed by atoms with Crippen LogP contribution >= 0.6 is 11.3 Å². The molecule has 82 valence electrons. The minimum atomic E-state index is -0.904. The van der Waals surface area contributed by atoms with Crippen LogP contribution in [0.4, 0.5) is 0 Å². The quantitative estimate of drug-likeness (QED) is 0.838. The predicted molar refractivity (Wildman–Crippen MR) is 56.5 cm³/mol. The minimum Gasteiger partial charge on any atom is -0.477 e. The van der Waals surface area contributed by atoms with Crippen LogP contribution in [0.25, 0.3) is 0 Å². The third kappa shape index (κ3) is 2.03. The van der Waals surface area contributed by atoms with Gasteiger partial charge >= 0.3 is 5.97 Å². The van der Waals surface area contributed by atoms with Gasteiger partial charge in [-0.05, 0) is 12.8 Å². The van der Waals surface area contributed by atoms with Gasteiger partial charge in [-0.15, -0.1) is 11.3 Å². The molecule has 2 rings (SSSR count). The van der Waals surface area contributed by atoms with Gasteiger partial charge in [0.2, 0.25) is 0 Å². The summed E-state index contributed by atoms with van der Waals surface area (Å²) in [7, 11) is 0. The van der Waals surface area contributed by atoms with Crippen LogP contribution in [0.15, 0.2) is 6.20 Å². The second kappa shape index (κ2) is 3.90. The van der Waals surface area contributed by atoms with E-state index in [2.05, 4.69) is 11.9 Å². The molecular formula is C10H13NO3S.